The molecule has 0 bridgehead atoms. The Hall–Kier alpha value is 0.574. The first-order valence-electron chi connectivity index (χ1n) is 5.55. The van der Waals surface area contributed by atoms with E-state index in [0.29, 0.717) is 0 Å². The van der Waals surface area contributed by atoms with Crippen LogP contribution in [0.2, 0.25) is 0 Å². The maximum absolute atomic E-state index is 4.47. The van der Waals surface area contributed by atoms with Gasteiger partial charge in [-0.3, -0.25) is 0 Å². The predicted molar refractivity (Wildman–Crippen MR) is 60.6 cm³/mol. The Bertz CT molecular complexity index is 125. The van der Waals surface area contributed by atoms with Gasteiger partial charge in [-0.1, -0.05) is 65.4 Å². The van der Waals surface area contributed by atoms with Gasteiger partial charge in [0.2, 0.25) is 0 Å². The molecular weight excluding hydrogens is 249 g/mol. The molecule has 81 valence electrons. The van der Waals surface area contributed by atoms with Crippen molar-refractivity contribution in [1.29, 1.82) is 0 Å². The summed E-state index contributed by atoms with van der Waals surface area (Å²) in [6.45, 7) is 8.39. The number of aliphatic imine (C=N–C) groups is 1. The van der Waals surface area contributed by atoms with Crippen molar-refractivity contribution in [2.75, 3.05) is 13.1 Å². The van der Waals surface area contributed by atoms with Crippen molar-refractivity contribution >= 4 is 5.84 Å². The van der Waals surface area contributed by atoms with Crippen LogP contribution in [0.3, 0.4) is 0 Å². The largest absolute Gasteiger partial charge is 0.469 e. The van der Waals surface area contributed by atoms with Gasteiger partial charge >= 0.3 is 0 Å². The zero-order valence-corrected chi connectivity index (χ0v) is 12.8. The SMILES string of the molecule is CCCCC(=NCCC)[N-]CCC.[Y]. The average Bonchev–Trinajstić information content (AvgIpc) is 2.17. The third-order valence-corrected chi connectivity index (χ3v) is 1.79. The molecule has 0 aliphatic heterocycles. The van der Waals surface area contributed by atoms with Gasteiger partial charge in [-0.2, -0.15) is 0 Å². The second kappa shape index (κ2) is 13.6. The Labute approximate surface area is 114 Å². The molecule has 3 heteroatoms. The molecule has 0 heterocycles. The maximum Gasteiger partial charge on any atom is 0 e. The summed E-state index contributed by atoms with van der Waals surface area (Å²) < 4.78 is 0. The van der Waals surface area contributed by atoms with Gasteiger partial charge < -0.3 is 10.3 Å². The van der Waals surface area contributed by atoms with E-state index in [2.05, 4.69) is 31.1 Å². The van der Waals surface area contributed by atoms with Crippen LogP contribution in [0.5, 0.6) is 0 Å². The van der Waals surface area contributed by atoms with E-state index >= 15 is 0 Å². The van der Waals surface area contributed by atoms with Crippen LogP contribution in [-0.2, 0) is 32.7 Å². The molecule has 0 amide bonds. The second-order valence-electron chi connectivity index (χ2n) is 3.28. The van der Waals surface area contributed by atoms with E-state index in [-0.39, 0.29) is 32.7 Å². The van der Waals surface area contributed by atoms with Crippen molar-refractivity contribution in [3.63, 3.8) is 0 Å². The van der Waals surface area contributed by atoms with Crippen LogP contribution in [0.15, 0.2) is 4.99 Å². The van der Waals surface area contributed by atoms with Gasteiger partial charge in [0.1, 0.15) is 0 Å². The van der Waals surface area contributed by atoms with Gasteiger partial charge in [0.25, 0.3) is 0 Å². The van der Waals surface area contributed by atoms with Crippen LogP contribution >= 0.6 is 0 Å². The third-order valence-electron chi connectivity index (χ3n) is 1.79. The van der Waals surface area contributed by atoms with Crippen LogP contribution in [0, 0.1) is 0 Å². The van der Waals surface area contributed by atoms with Crippen molar-refractivity contribution in [3.8, 4) is 0 Å². The number of hydrogen-bond donors (Lipinski definition) is 0. The summed E-state index contributed by atoms with van der Waals surface area (Å²) in [5.74, 6) is 1.09. The molecule has 0 fully saturated rings. The van der Waals surface area contributed by atoms with E-state index in [9.17, 15) is 0 Å². The smallest absolute Gasteiger partial charge is 0 e. The maximum atomic E-state index is 4.47. The average molecular weight is 272 g/mol. The normalized spacial score (nSPS) is 10.9. The van der Waals surface area contributed by atoms with E-state index in [0.717, 1.165) is 38.2 Å². The van der Waals surface area contributed by atoms with Gasteiger partial charge in [0, 0.05) is 32.7 Å². The molecule has 0 saturated heterocycles. The summed E-state index contributed by atoms with van der Waals surface area (Å²) in [6.07, 6.45) is 5.76. The Morgan fingerprint density at radius 2 is 1.79 bits per heavy atom. The fraction of sp³-hybridized carbons (Fsp3) is 0.909. The quantitative estimate of drug-likeness (QED) is 0.498. The molecule has 0 N–H and O–H groups in total. The van der Waals surface area contributed by atoms with Gasteiger partial charge in [-0.05, 0) is 6.42 Å². The number of rotatable bonds is 7. The Morgan fingerprint density at radius 1 is 1.07 bits per heavy atom. The van der Waals surface area contributed by atoms with E-state index in [1.165, 1.54) is 12.8 Å². The summed E-state index contributed by atoms with van der Waals surface area (Å²) in [6, 6.07) is 0. The molecule has 0 aliphatic rings. The summed E-state index contributed by atoms with van der Waals surface area (Å²) in [7, 11) is 0. The zero-order valence-electron chi connectivity index (χ0n) is 9.92. The Kier molecular flexibility index (Phi) is 16.5. The van der Waals surface area contributed by atoms with E-state index in [1.54, 1.807) is 0 Å². The van der Waals surface area contributed by atoms with Gasteiger partial charge in [0.15, 0.2) is 0 Å². The summed E-state index contributed by atoms with van der Waals surface area (Å²) in [5, 5.41) is 4.47. The van der Waals surface area contributed by atoms with E-state index < -0.39 is 0 Å². The molecule has 0 rings (SSSR count). The fourth-order valence-corrected chi connectivity index (χ4v) is 1.02. The molecular formula is C11H23N2Y-. The monoisotopic (exact) mass is 272 g/mol. The van der Waals surface area contributed by atoms with E-state index in [1.807, 2.05) is 0 Å². The van der Waals surface area contributed by atoms with Crippen LogP contribution in [0.1, 0.15) is 52.9 Å². The second-order valence-corrected chi connectivity index (χ2v) is 3.28. The standard InChI is InChI=1S/C11H23N2.Y/c1-4-7-8-11(12-9-5-2)13-10-6-3;/h4-10H2,1-3H3;/q-1;. The number of amidine groups is 1. The van der Waals surface area contributed by atoms with Crippen molar-refractivity contribution in [2.45, 2.75) is 52.9 Å². The van der Waals surface area contributed by atoms with Crippen LogP contribution in [0.25, 0.3) is 5.32 Å². The first-order chi connectivity index (χ1) is 6.35. The fourth-order valence-electron chi connectivity index (χ4n) is 1.02. The van der Waals surface area contributed by atoms with Crippen molar-refractivity contribution < 1.29 is 32.7 Å². The number of hydrogen-bond acceptors (Lipinski definition) is 1. The van der Waals surface area contributed by atoms with Crippen molar-refractivity contribution in [2.24, 2.45) is 4.99 Å². The molecule has 0 aromatic carbocycles. The molecule has 0 atom stereocenters. The zero-order chi connectivity index (χ0) is 9.94. The van der Waals surface area contributed by atoms with Gasteiger partial charge in [0.05, 0.1) is 0 Å². The summed E-state index contributed by atoms with van der Waals surface area (Å²) in [5.41, 5.74) is 0. The topological polar surface area (TPSA) is 26.5 Å². The van der Waals surface area contributed by atoms with Crippen LogP contribution in [0.4, 0.5) is 0 Å². The molecule has 0 aliphatic carbocycles. The minimum atomic E-state index is 0. The molecule has 2 nitrogen and oxygen atoms in total. The number of unbranched alkanes of at least 4 members (excludes halogenated alkanes) is 1. The third kappa shape index (κ3) is 10.7. The molecule has 0 aromatic heterocycles. The first-order valence-corrected chi connectivity index (χ1v) is 5.55. The van der Waals surface area contributed by atoms with Crippen molar-refractivity contribution in [1.82, 2.24) is 0 Å². The van der Waals surface area contributed by atoms with Crippen LogP contribution in [-0.4, -0.2) is 18.9 Å². The van der Waals surface area contributed by atoms with Crippen molar-refractivity contribution in [3.05, 3.63) is 5.32 Å². The molecule has 0 spiro atoms. The molecule has 14 heavy (non-hydrogen) atoms. The molecule has 0 unspecified atom stereocenters. The Balaban J connectivity index is 0. The summed E-state index contributed by atoms with van der Waals surface area (Å²) >= 11 is 0. The molecule has 0 saturated carbocycles. The van der Waals surface area contributed by atoms with Gasteiger partial charge in [-0.25, -0.2) is 0 Å². The van der Waals surface area contributed by atoms with Gasteiger partial charge in [-0.15, -0.1) is 0 Å². The first kappa shape index (κ1) is 17.0. The minimum absolute atomic E-state index is 0. The number of nitrogens with zero attached hydrogens (tertiary/aromatic N) is 2. The molecule has 1 radical (unpaired) electrons. The Morgan fingerprint density at radius 3 is 2.29 bits per heavy atom. The van der Waals surface area contributed by atoms with E-state index in [4.69, 9.17) is 0 Å². The molecule has 0 aromatic rings. The van der Waals surface area contributed by atoms with Crippen LogP contribution < -0.4 is 0 Å². The minimum Gasteiger partial charge on any atom is -0.469 e. The summed E-state index contributed by atoms with van der Waals surface area (Å²) in [4.78, 5) is 4.47. The predicted octanol–water partition coefficient (Wildman–Crippen LogP) is 3.77.